The molecular formula is C19H25Cl2N3O3. The van der Waals surface area contributed by atoms with Crippen molar-refractivity contribution in [3.63, 3.8) is 0 Å². The van der Waals surface area contributed by atoms with E-state index >= 15 is 0 Å². The van der Waals surface area contributed by atoms with E-state index in [1.54, 1.807) is 25.4 Å². The lowest BCUT2D eigenvalue weighted by atomic mass is 9.91. The van der Waals surface area contributed by atoms with E-state index in [-0.39, 0.29) is 30.7 Å². The van der Waals surface area contributed by atoms with Crippen LogP contribution in [0.15, 0.2) is 42.6 Å². The highest BCUT2D eigenvalue weighted by Crippen LogP contribution is 2.25. The molecule has 0 bridgehead atoms. The molecule has 0 radical (unpaired) electrons. The molecule has 0 saturated carbocycles. The summed E-state index contributed by atoms with van der Waals surface area (Å²) in [6.07, 6.45) is 2.89. The largest absolute Gasteiger partial charge is 0.439 e. The van der Waals surface area contributed by atoms with Crippen LogP contribution in [0.25, 0.3) is 0 Å². The third-order valence-electron chi connectivity index (χ3n) is 4.45. The number of anilines is 1. The standard InChI is InChI=1S/C19H23N3O3.2ClH/c1-14-3-6-16(7-4-14)25-17-8-5-15(13-21-17)22-18(23)19(24-2)9-11-20-12-10-19;;/h3-8,13,20H,9-12H2,1-2H3,(H,22,23);2*1H. The smallest absolute Gasteiger partial charge is 0.256 e. The zero-order valence-corrected chi connectivity index (χ0v) is 17.0. The summed E-state index contributed by atoms with van der Waals surface area (Å²) in [7, 11) is 1.58. The second-order valence-electron chi connectivity index (χ2n) is 6.20. The maximum Gasteiger partial charge on any atom is 0.256 e. The van der Waals surface area contributed by atoms with Crippen LogP contribution in [0.1, 0.15) is 18.4 Å². The number of piperidine rings is 1. The number of carbonyl (C=O) groups is 1. The van der Waals surface area contributed by atoms with Crippen molar-refractivity contribution in [1.82, 2.24) is 10.3 Å². The van der Waals surface area contributed by atoms with Crippen LogP contribution in [0.5, 0.6) is 11.6 Å². The first-order valence-electron chi connectivity index (χ1n) is 8.39. The molecular weight excluding hydrogens is 389 g/mol. The Morgan fingerprint density at radius 3 is 2.33 bits per heavy atom. The normalized spacial score (nSPS) is 15.0. The van der Waals surface area contributed by atoms with E-state index < -0.39 is 5.60 Å². The molecule has 27 heavy (non-hydrogen) atoms. The summed E-state index contributed by atoms with van der Waals surface area (Å²) in [6, 6.07) is 11.3. The van der Waals surface area contributed by atoms with Gasteiger partial charge in [0, 0.05) is 13.2 Å². The monoisotopic (exact) mass is 413 g/mol. The number of benzene rings is 1. The fourth-order valence-corrected chi connectivity index (χ4v) is 2.84. The van der Waals surface area contributed by atoms with Gasteiger partial charge in [-0.2, -0.15) is 0 Å². The molecule has 0 spiro atoms. The summed E-state index contributed by atoms with van der Waals surface area (Å²) in [5.74, 6) is 1.07. The Hall–Kier alpha value is -1.86. The highest BCUT2D eigenvalue weighted by atomic mass is 35.5. The average Bonchev–Trinajstić information content (AvgIpc) is 2.65. The van der Waals surface area contributed by atoms with Crippen molar-refractivity contribution in [2.75, 3.05) is 25.5 Å². The van der Waals surface area contributed by atoms with Gasteiger partial charge in [-0.15, -0.1) is 24.8 Å². The second-order valence-corrected chi connectivity index (χ2v) is 6.20. The van der Waals surface area contributed by atoms with Crippen LogP contribution in [0.3, 0.4) is 0 Å². The van der Waals surface area contributed by atoms with Gasteiger partial charge in [0.2, 0.25) is 5.88 Å². The number of aromatic nitrogens is 1. The van der Waals surface area contributed by atoms with Gasteiger partial charge in [-0.05, 0) is 51.1 Å². The molecule has 1 aliphatic rings. The van der Waals surface area contributed by atoms with Crippen LogP contribution < -0.4 is 15.4 Å². The van der Waals surface area contributed by atoms with E-state index in [9.17, 15) is 4.79 Å². The predicted octanol–water partition coefficient (Wildman–Crippen LogP) is 3.73. The zero-order valence-electron chi connectivity index (χ0n) is 15.4. The van der Waals surface area contributed by atoms with Gasteiger partial charge >= 0.3 is 0 Å². The molecule has 0 unspecified atom stereocenters. The first-order valence-corrected chi connectivity index (χ1v) is 8.39. The van der Waals surface area contributed by atoms with Crippen LogP contribution >= 0.6 is 24.8 Å². The summed E-state index contributed by atoms with van der Waals surface area (Å²) in [5.41, 5.74) is 1.02. The highest BCUT2D eigenvalue weighted by Gasteiger charge is 2.39. The van der Waals surface area contributed by atoms with Crippen LogP contribution in [0, 0.1) is 6.92 Å². The SMILES string of the molecule is COC1(C(=O)Nc2ccc(Oc3ccc(C)cc3)nc2)CCNCC1.Cl.Cl. The fourth-order valence-electron chi connectivity index (χ4n) is 2.84. The van der Waals surface area contributed by atoms with Crippen LogP contribution in [0.4, 0.5) is 5.69 Å². The third-order valence-corrected chi connectivity index (χ3v) is 4.45. The van der Waals surface area contributed by atoms with E-state index in [1.165, 1.54) is 5.56 Å². The number of halogens is 2. The Labute approximate surface area is 171 Å². The third kappa shape index (κ3) is 5.81. The molecule has 148 valence electrons. The van der Waals surface area contributed by atoms with Gasteiger partial charge in [0.25, 0.3) is 5.91 Å². The number of rotatable bonds is 5. The Kier molecular flexibility index (Phi) is 8.99. The number of hydrogen-bond acceptors (Lipinski definition) is 5. The van der Waals surface area contributed by atoms with Crippen molar-refractivity contribution < 1.29 is 14.3 Å². The highest BCUT2D eigenvalue weighted by molar-refractivity contribution is 5.97. The Balaban J connectivity index is 0.00000182. The summed E-state index contributed by atoms with van der Waals surface area (Å²) in [5, 5.41) is 6.13. The maximum absolute atomic E-state index is 12.6. The molecule has 1 fully saturated rings. The van der Waals surface area contributed by atoms with Crippen molar-refractivity contribution in [3.8, 4) is 11.6 Å². The predicted molar refractivity (Wildman–Crippen MR) is 110 cm³/mol. The summed E-state index contributed by atoms with van der Waals surface area (Å²) >= 11 is 0. The quantitative estimate of drug-likeness (QED) is 0.780. The maximum atomic E-state index is 12.6. The zero-order chi connectivity index (χ0) is 17.7. The topological polar surface area (TPSA) is 72.5 Å². The van der Waals surface area contributed by atoms with Gasteiger partial charge < -0.3 is 20.1 Å². The van der Waals surface area contributed by atoms with Gasteiger partial charge in [-0.3, -0.25) is 4.79 Å². The number of methoxy groups -OCH3 is 1. The lowest BCUT2D eigenvalue weighted by Crippen LogP contribution is -2.51. The number of aryl methyl sites for hydroxylation is 1. The second kappa shape index (κ2) is 10.5. The molecule has 8 heteroatoms. The molecule has 0 aliphatic carbocycles. The number of hydrogen-bond donors (Lipinski definition) is 2. The molecule has 1 aromatic heterocycles. The molecule has 2 aromatic rings. The number of nitrogens with one attached hydrogen (secondary N) is 2. The lowest BCUT2D eigenvalue weighted by molar-refractivity contribution is -0.140. The molecule has 1 aromatic carbocycles. The number of nitrogens with zero attached hydrogens (tertiary/aromatic N) is 1. The molecule has 1 aliphatic heterocycles. The Morgan fingerprint density at radius 2 is 1.78 bits per heavy atom. The number of pyridine rings is 1. The Bertz CT molecular complexity index is 718. The van der Waals surface area contributed by atoms with E-state index in [4.69, 9.17) is 9.47 Å². The molecule has 3 rings (SSSR count). The fraction of sp³-hybridized carbons (Fsp3) is 0.368. The van der Waals surface area contributed by atoms with Crippen molar-refractivity contribution in [2.45, 2.75) is 25.4 Å². The van der Waals surface area contributed by atoms with Crippen molar-refractivity contribution in [2.24, 2.45) is 0 Å². The molecule has 0 atom stereocenters. The number of amides is 1. The van der Waals surface area contributed by atoms with Gasteiger partial charge in [0.15, 0.2) is 0 Å². The van der Waals surface area contributed by atoms with Gasteiger partial charge in [0.05, 0.1) is 11.9 Å². The van der Waals surface area contributed by atoms with Crippen LogP contribution in [-0.4, -0.2) is 36.7 Å². The van der Waals surface area contributed by atoms with E-state index in [0.717, 1.165) is 18.8 Å². The first-order chi connectivity index (χ1) is 12.1. The van der Waals surface area contributed by atoms with Gasteiger partial charge in [-0.1, -0.05) is 17.7 Å². The lowest BCUT2D eigenvalue weighted by Gasteiger charge is -2.34. The van der Waals surface area contributed by atoms with Crippen molar-refractivity contribution >= 4 is 36.4 Å². The minimum Gasteiger partial charge on any atom is -0.439 e. The van der Waals surface area contributed by atoms with Gasteiger partial charge in [0.1, 0.15) is 11.4 Å². The van der Waals surface area contributed by atoms with Crippen molar-refractivity contribution in [1.29, 1.82) is 0 Å². The molecule has 1 saturated heterocycles. The first kappa shape index (κ1) is 23.2. The molecule has 2 heterocycles. The molecule has 6 nitrogen and oxygen atoms in total. The van der Waals surface area contributed by atoms with E-state index in [0.29, 0.717) is 24.4 Å². The van der Waals surface area contributed by atoms with Crippen molar-refractivity contribution in [3.05, 3.63) is 48.2 Å². The van der Waals surface area contributed by atoms with E-state index in [1.807, 2.05) is 31.2 Å². The van der Waals surface area contributed by atoms with E-state index in [2.05, 4.69) is 15.6 Å². The summed E-state index contributed by atoms with van der Waals surface area (Å²) < 4.78 is 11.2. The van der Waals surface area contributed by atoms with Gasteiger partial charge in [-0.25, -0.2) is 4.98 Å². The van der Waals surface area contributed by atoms with Crippen LogP contribution in [0.2, 0.25) is 0 Å². The van der Waals surface area contributed by atoms with Crippen LogP contribution in [-0.2, 0) is 9.53 Å². The number of carbonyl (C=O) groups excluding carboxylic acids is 1. The minimum absolute atomic E-state index is 0. The Morgan fingerprint density at radius 1 is 1.11 bits per heavy atom. The molecule has 1 amide bonds. The number of ether oxygens (including phenoxy) is 2. The summed E-state index contributed by atoms with van der Waals surface area (Å²) in [4.78, 5) is 16.9. The summed E-state index contributed by atoms with van der Waals surface area (Å²) in [6.45, 7) is 3.56. The molecule has 2 N–H and O–H groups in total. The minimum atomic E-state index is -0.775. The average molecular weight is 414 g/mol.